The Labute approximate surface area is 133 Å². The summed E-state index contributed by atoms with van der Waals surface area (Å²) in [6.45, 7) is 2.79. The number of thioether (sulfide) groups is 1. The normalized spacial score (nSPS) is 10.5. The molecule has 0 fully saturated rings. The molecule has 0 spiro atoms. The fraction of sp³-hybridized carbons (Fsp3) is 0.312. The molecule has 0 amide bonds. The van der Waals surface area contributed by atoms with Crippen molar-refractivity contribution in [2.75, 3.05) is 18.1 Å². The summed E-state index contributed by atoms with van der Waals surface area (Å²) in [5.41, 5.74) is 0.922. The van der Waals surface area contributed by atoms with Gasteiger partial charge in [-0.1, -0.05) is 37.2 Å². The molecule has 0 aliphatic rings. The molecule has 22 heavy (non-hydrogen) atoms. The van der Waals surface area contributed by atoms with Crippen LogP contribution in [0.15, 0.2) is 29.4 Å². The summed E-state index contributed by atoms with van der Waals surface area (Å²) in [5, 5.41) is 3.65. The van der Waals surface area contributed by atoms with E-state index in [1.165, 1.54) is 17.8 Å². The molecule has 4 nitrogen and oxygen atoms in total. The van der Waals surface area contributed by atoms with E-state index < -0.39 is 5.82 Å². The Morgan fingerprint density at radius 2 is 2.09 bits per heavy atom. The van der Waals surface area contributed by atoms with Gasteiger partial charge in [0.2, 0.25) is 0 Å². The lowest BCUT2D eigenvalue weighted by molar-refractivity contribution is 0.112. The van der Waals surface area contributed by atoms with Gasteiger partial charge in [0.05, 0.1) is 11.3 Å². The molecular weight excluding hydrogens is 301 g/mol. The van der Waals surface area contributed by atoms with E-state index in [4.69, 9.17) is 0 Å². The molecule has 1 N–H and O–H groups in total. The largest absolute Gasteiger partial charge is 0.369 e. The topological polar surface area (TPSA) is 54.9 Å². The summed E-state index contributed by atoms with van der Waals surface area (Å²) >= 11 is 1.36. The minimum Gasteiger partial charge on any atom is -0.369 e. The third-order valence-electron chi connectivity index (χ3n) is 3.18. The summed E-state index contributed by atoms with van der Waals surface area (Å²) in [6, 6.07) is 6.30. The molecular formula is C16H18FN3OS. The zero-order valence-electron chi connectivity index (χ0n) is 12.6. The van der Waals surface area contributed by atoms with Crippen LogP contribution < -0.4 is 5.32 Å². The van der Waals surface area contributed by atoms with Crippen molar-refractivity contribution in [3.63, 3.8) is 0 Å². The van der Waals surface area contributed by atoms with Crippen LogP contribution >= 0.6 is 11.8 Å². The Bertz CT molecular complexity index is 664. The van der Waals surface area contributed by atoms with Crippen LogP contribution in [0.3, 0.4) is 0 Å². The van der Waals surface area contributed by atoms with Crippen LogP contribution in [0.5, 0.6) is 0 Å². The van der Waals surface area contributed by atoms with Gasteiger partial charge in [-0.15, -0.1) is 0 Å². The second-order valence-corrected chi connectivity index (χ2v) is 5.47. The number of carbonyl (C=O) groups is 1. The molecule has 1 aromatic carbocycles. The van der Waals surface area contributed by atoms with Crippen molar-refractivity contribution in [3.8, 4) is 11.3 Å². The Kier molecular flexibility index (Phi) is 5.89. The fourth-order valence-electron chi connectivity index (χ4n) is 2.03. The average molecular weight is 319 g/mol. The SMILES string of the molecule is CCCCNc1nc(SC)nc(-c2ccccc2F)c1C=O. The summed E-state index contributed by atoms with van der Waals surface area (Å²) in [6.07, 6.45) is 4.52. The summed E-state index contributed by atoms with van der Waals surface area (Å²) in [5.74, 6) is 0.0527. The molecule has 116 valence electrons. The molecule has 6 heteroatoms. The van der Waals surface area contributed by atoms with E-state index in [0.717, 1.165) is 12.8 Å². The maximum atomic E-state index is 14.1. The molecule has 2 rings (SSSR count). The minimum atomic E-state index is -0.407. The van der Waals surface area contributed by atoms with Gasteiger partial charge in [-0.2, -0.15) is 0 Å². The molecule has 1 aromatic heterocycles. The zero-order valence-corrected chi connectivity index (χ0v) is 13.4. The van der Waals surface area contributed by atoms with Gasteiger partial charge in [0.15, 0.2) is 11.4 Å². The third kappa shape index (κ3) is 3.62. The van der Waals surface area contributed by atoms with E-state index >= 15 is 0 Å². The van der Waals surface area contributed by atoms with E-state index in [9.17, 15) is 9.18 Å². The number of carbonyl (C=O) groups excluding carboxylic acids is 1. The molecule has 0 aliphatic heterocycles. The van der Waals surface area contributed by atoms with Crippen molar-refractivity contribution in [1.29, 1.82) is 0 Å². The van der Waals surface area contributed by atoms with Gasteiger partial charge in [-0.05, 0) is 24.8 Å². The van der Waals surface area contributed by atoms with E-state index in [2.05, 4.69) is 22.2 Å². The van der Waals surface area contributed by atoms with Crippen LogP contribution in [0.25, 0.3) is 11.3 Å². The first-order chi connectivity index (χ1) is 10.7. The number of unbranched alkanes of at least 4 members (excludes halogenated alkanes) is 1. The van der Waals surface area contributed by atoms with Crippen molar-refractivity contribution in [1.82, 2.24) is 9.97 Å². The molecule has 0 saturated carbocycles. The number of hydrogen-bond acceptors (Lipinski definition) is 5. The van der Waals surface area contributed by atoms with E-state index in [1.54, 1.807) is 18.2 Å². The summed E-state index contributed by atoms with van der Waals surface area (Å²) < 4.78 is 14.1. The van der Waals surface area contributed by atoms with Crippen molar-refractivity contribution in [3.05, 3.63) is 35.6 Å². The van der Waals surface area contributed by atoms with Gasteiger partial charge in [0.25, 0.3) is 0 Å². The van der Waals surface area contributed by atoms with Crippen LogP contribution in [0, 0.1) is 5.82 Å². The van der Waals surface area contributed by atoms with Gasteiger partial charge in [-0.25, -0.2) is 14.4 Å². The Morgan fingerprint density at radius 3 is 2.73 bits per heavy atom. The van der Waals surface area contributed by atoms with Crippen molar-refractivity contribution >= 4 is 23.9 Å². The van der Waals surface area contributed by atoms with Gasteiger partial charge < -0.3 is 5.32 Å². The molecule has 0 unspecified atom stereocenters. The Hall–Kier alpha value is -1.95. The fourth-order valence-corrected chi connectivity index (χ4v) is 2.39. The lowest BCUT2D eigenvalue weighted by atomic mass is 10.1. The van der Waals surface area contributed by atoms with E-state index in [1.807, 2.05) is 6.26 Å². The highest BCUT2D eigenvalue weighted by Gasteiger charge is 2.17. The number of halogens is 1. The molecule has 2 aromatic rings. The smallest absolute Gasteiger partial charge is 0.189 e. The third-order valence-corrected chi connectivity index (χ3v) is 3.73. The number of hydrogen-bond donors (Lipinski definition) is 1. The van der Waals surface area contributed by atoms with Crippen LogP contribution in [0.4, 0.5) is 10.2 Å². The second kappa shape index (κ2) is 7.89. The van der Waals surface area contributed by atoms with Crippen LogP contribution in [0.2, 0.25) is 0 Å². The van der Waals surface area contributed by atoms with E-state index in [0.29, 0.717) is 40.6 Å². The molecule has 0 saturated heterocycles. The summed E-state index contributed by atoms with van der Waals surface area (Å²) in [7, 11) is 0. The first-order valence-electron chi connectivity index (χ1n) is 7.11. The molecule has 0 bridgehead atoms. The maximum absolute atomic E-state index is 14.1. The number of rotatable bonds is 7. The van der Waals surface area contributed by atoms with Crippen molar-refractivity contribution in [2.24, 2.45) is 0 Å². The lowest BCUT2D eigenvalue weighted by Gasteiger charge is -2.13. The Morgan fingerprint density at radius 1 is 1.32 bits per heavy atom. The van der Waals surface area contributed by atoms with Crippen molar-refractivity contribution in [2.45, 2.75) is 24.9 Å². The van der Waals surface area contributed by atoms with Crippen LogP contribution in [-0.2, 0) is 0 Å². The molecule has 0 aliphatic carbocycles. The predicted molar refractivity (Wildman–Crippen MR) is 88.0 cm³/mol. The number of nitrogens with one attached hydrogen (secondary N) is 1. The van der Waals surface area contributed by atoms with Crippen LogP contribution in [-0.4, -0.2) is 29.1 Å². The highest BCUT2D eigenvalue weighted by Crippen LogP contribution is 2.29. The predicted octanol–water partition coefficient (Wildman–Crippen LogP) is 4.03. The number of aromatic nitrogens is 2. The second-order valence-electron chi connectivity index (χ2n) is 4.70. The van der Waals surface area contributed by atoms with Gasteiger partial charge >= 0.3 is 0 Å². The first kappa shape index (κ1) is 16.4. The first-order valence-corrected chi connectivity index (χ1v) is 8.33. The highest BCUT2D eigenvalue weighted by atomic mass is 32.2. The minimum absolute atomic E-state index is 0.291. The number of nitrogens with zero attached hydrogens (tertiary/aromatic N) is 2. The molecule has 0 radical (unpaired) electrons. The monoisotopic (exact) mass is 319 g/mol. The standard InChI is InChI=1S/C16H18FN3OS/c1-3-4-9-18-15-12(10-21)14(19-16(20-15)22-2)11-7-5-6-8-13(11)17/h5-8,10H,3-4,9H2,1-2H3,(H,18,19,20). The number of benzene rings is 1. The Balaban J connectivity index is 2.54. The lowest BCUT2D eigenvalue weighted by Crippen LogP contribution is -2.09. The average Bonchev–Trinajstić information content (AvgIpc) is 2.54. The van der Waals surface area contributed by atoms with Gasteiger partial charge in [0.1, 0.15) is 11.6 Å². The highest BCUT2D eigenvalue weighted by molar-refractivity contribution is 7.98. The quantitative estimate of drug-likeness (QED) is 0.361. The van der Waals surface area contributed by atoms with Crippen LogP contribution in [0.1, 0.15) is 30.1 Å². The van der Waals surface area contributed by atoms with E-state index in [-0.39, 0.29) is 0 Å². The number of anilines is 1. The molecule has 0 atom stereocenters. The molecule has 1 heterocycles. The number of aldehydes is 1. The van der Waals surface area contributed by atoms with Gasteiger partial charge in [0, 0.05) is 12.1 Å². The van der Waals surface area contributed by atoms with Gasteiger partial charge in [-0.3, -0.25) is 4.79 Å². The summed E-state index contributed by atoms with van der Waals surface area (Å²) in [4.78, 5) is 20.2. The maximum Gasteiger partial charge on any atom is 0.189 e. The zero-order chi connectivity index (χ0) is 15.9. The van der Waals surface area contributed by atoms with Crippen molar-refractivity contribution < 1.29 is 9.18 Å².